The van der Waals surface area contributed by atoms with E-state index in [1.165, 1.54) is 16.3 Å². The molecular formula is C21H29N3O. The lowest BCUT2D eigenvalue weighted by Crippen LogP contribution is -2.51. The first-order chi connectivity index (χ1) is 12.1. The van der Waals surface area contributed by atoms with Gasteiger partial charge in [-0.2, -0.15) is 0 Å². The quantitative estimate of drug-likeness (QED) is 0.878. The van der Waals surface area contributed by atoms with E-state index in [-0.39, 0.29) is 5.91 Å². The average molecular weight is 339 g/mol. The molecule has 1 saturated heterocycles. The summed E-state index contributed by atoms with van der Waals surface area (Å²) >= 11 is 0. The van der Waals surface area contributed by atoms with Crippen LogP contribution in [0.5, 0.6) is 0 Å². The smallest absolute Gasteiger partial charge is 0.220 e. The highest BCUT2D eigenvalue weighted by molar-refractivity contribution is 5.83. The van der Waals surface area contributed by atoms with E-state index >= 15 is 0 Å². The third-order valence-electron chi connectivity index (χ3n) is 5.21. The number of hydrogen-bond donors (Lipinski definition) is 1. The molecule has 1 heterocycles. The molecule has 0 spiro atoms. The second-order valence-corrected chi connectivity index (χ2v) is 7.17. The van der Waals surface area contributed by atoms with Crippen LogP contribution in [0.25, 0.3) is 10.8 Å². The number of aryl methyl sites for hydroxylation is 1. The van der Waals surface area contributed by atoms with Crippen LogP contribution >= 0.6 is 0 Å². The lowest BCUT2D eigenvalue weighted by atomic mass is 10.0. The normalized spacial score (nSPS) is 17.5. The number of carbonyl (C=O) groups excluding carboxylic acids is 1. The number of amides is 1. The molecule has 0 aliphatic carbocycles. The van der Waals surface area contributed by atoms with Crippen LogP contribution < -0.4 is 5.32 Å². The van der Waals surface area contributed by atoms with Crippen LogP contribution in [0, 0.1) is 0 Å². The molecule has 1 aliphatic rings. The van der Waals surface area contributed by atoms with E-state index in [2.05, 4.69) is 71.6 Å². The van der Waals surface area contributed by atoms with Crippen molar-refractivity contribution in [2.24, 2.45) is 0 Å². The number of fused-ring (bicyclic) bond motifs is 1. The van der Waals surface area contributed by atoms with E-state index in [9.17, 15) is 4.79 Å². The molecule has 2 aromatic carbocycles. The van der Waals surface area contributed by atoms with Gasteiger partial charge in [-0.25, -0.2) is 0 Å². The van der Waals surface area contributed by atoms with Gasteiger partial charge in [0.15, 0.2) is 0 Å². The van der Waals surface area contributed by atoms with Crippen molar-refractivity contribution in [3.05, 3.63) is 48.0 Å². The highest BCUT2D eigenvalue weighted by atomic mass is 16.1. The Bertz CT molecular complexity index is 707. The van der Waals surface area contributed by atoms with Gasteiger partial charge in [0.05, 0.1) is 0 Å². The van der Waals surface area contributed by atoms with E-state index in [1.54, 1.807) is 0 Å². The van der Waals surface area contributed by atoms with Gasteiger partial charge in [-0.05, 0) is 36.7 Å². The molecule has 1 atom stereocenters. The first-order valence-electron chi connectivity index (χ1n) is 9.29. The van der Waals surface area contributed by atoms with Crippen molar-refractivity contribution in [2.45, 2.75) is 25.8 Å². The molecule has 3 rings (SSSR count). The summed E-state index contributed by atoms with van der Waals surface area (Å²) in [6.07, 6.45) is 1.34. The van der Waals surface area contributed by atoms with E-state index in [0.29, 0.717) is 12.5 Å². The molecular weight excluding hydrogens is 310 g/mol. The number of nitrogens with one attached hydrogen (secondary N) is 1. The van der Waals surface area contributed by atoms with Crippen molar-refractivity contribution in [1.29, 1.82) is 0 Å². The SMILES string of the molecule is C[C@@H](CNC(=O)CCc1ccc2ccccc2c1)N1CCN(C)CC1. The second-order valence-electron chi connectivity index (χ2n) is 7.17. The lowest BCUT2D eigenvalue weighted by molar-refractivity contribution is -0.121. The molecule has 1 aliphatic heterocycles. The minimum atomic E-state index is 0.147. The monoisotopic (exact) mass is 339 g/mol. The minimum absolute atomic E-state index is 0.147. The number of likely N-dealkylation sites (N-methyl/N-ethyl adjacent to an activating group) is 1. The molecule has 0 saturated carbocycles. The number of benzene rings is 2. The molecule has 1 N–H and O–H groups in total. The van der Waals surface area contributed by atoms with E-state index in [0.717, 1.165) is 39.1 Å². The fourth-order valence-electron chi connectivity index (χ4n) is 3.39. The van der Waals surface area contributed by atoms with Crippen molar-refractivity contribution >= 4 is 16.7 Å². The van der Waals surface area contributed by atoms with Crippen LogP contribution in [-0.4, -0.2) is 61.5 Å². The van der Waals surface area contributed by atoms with Gasteiger partial charge in [0.1, 0.15) is 0 Å². The summed E-state index contributed by atoms with van der Waals surface area (Å²) < 4.78 is 0. The Balaban J connectivity index is 1.42. The largest absolute Gasteiger partial charge is 0.355 e. The second kappa shape index (κ2) is 8.45. The Morgan fingerprint density at radius 2 is 1.80 bits per heavy atom. The summed E-state index contributed by atoms with van der Waals surface area (Å²) in [7, 11) is 2.16. The van der Waals surface area contributed by atoms with Gasteiger partial charge in [-0.3, -0.25) is 9.69 Å². The van der Waals surface area contributed by atoms with E-state index in [4.69, 9.17) is 0 Å². The van der Waals surface area contributed by atoms with Gasteiger partial charge in [0.2, 0.25) is 5.91 Å². The predicted molar refractivity (Wildman–Crippen MR) is 104 cm³/mol. The first kappa shape index (κ1) is 17.9. The van der Waals surface area contributed by atoms with Crippen LogP contribution in [-0.2, 0) is 11.2 Å². The molecule has 0 radical (unpaired) electrons. The summed E-state index contributed by atoms with van der Waals surface area (Å²) in [6.45, 7) is 7.34. The van der Waals surface area contributed by atoms with Crippen LogP contribution in [0.1, 0.15) is 18.9 Å². The Morgan fingerprint density at radius 1 is 1.08 bits per heavy atom. The maximum absolute atomic E-state index is 12.2. The lowest BCUT2D eigenvalue weighted by Gasteiger charge is -2.36. The van der Waals surface area contributed by atoms with Crippen molar-refractivity contribution < 1.29 is 4.79 Å². The molecule has 2 aromatic rings. The van der Waals surface area contributed by atoms with Crippen molar-refractivity contribution in [2.75, 3.05) is 39.8 Å². The van der Waals surface area contributed by atoms with Gasteiger partial charge in [-0.1, -0.05) is 42.5 Å². The number of rotatable bonds is 6. The number of carbonyl (C=O) groups is 1. The van der Waals surface area contributed by atoms with Crippen molar-refractivity contribution in [3.63, 3.8) is 0 Å². The zero-order valence-electron chi connectivity index (χ0n) is 15.4. The standard InChI is InChI=1S/C21H29N3O/c1-17(24-13-11-23(2)12-14-24)16-22-21(25)10-8-18-7-9-19-5-3-4-6-20(19)15-18/h3-7,9,15,17H,8,10-14,16H2,1-2H3,(H,22,25)/t17-/m0/s1. The molecule has 1 fully saturated rings. The number of hydrogen-bond acceptors (Lipinski definition) is 3. The molecule has 25 heavy (non-hydrogen) atoms. The number of nitrogens with zero attached hydrogens (tertiary/aromatic N) is 2. The Labute approximate surface area is 150 Å². The zero-order valence-corrected chi connectivity index (χ0v) is 15.4. The summed E-state index contributed by atoms with van der Waals surface area (Å²) in [5.41, 5.74) is 1.22. The number of piperazine rings is 1. The summed E-state index contributed by atoms with van der Waals surface area (Å²) in [5, 5.41) is 5.59. The van der Waals surface area contributed by atoms with Crippen LogP contribution in [0.4, 0.5) is 0 Å². The highest BCUT2D eigenvalue weighted by Gasteiger charge is 2.19. The zero-order chi connectivity index (χ0) is 17.6. The molecule has 0 aromatic heterocycles. The molecule has 0 unspecified atom stereocenters. The maximum Gasteiger partial charge on any atom is 0.220 e. The average Bonchev–Trinajstić information content (AvgIpc) is 2.65. The van der Waals surface area contributed by atoms with Gasteiger partial charge >= 0.3 is 0 Å². The molecule has 4 nitrogen and oxygen atoms in total. The van der Waals surface area contributed by atoms with Crippen molar-refractivity contribution in [3.8, 4) is 0 Å². The third kappa shape index (κ3) is 5.03. The van der Waals surface area contributed by atoms with Gasteiger partial charge in [0, 0.05) is 45.2 Å². The topological polar surface area (TPSA) is 35.6 Å². The van der Waals surface area contributed by atoms with Crippen LogP contribution in [0.3, 0.4) is 0 Å². The molecule has 134 valence electrons. The summed E-state index contributed by atoms with van der Waals surface area (Å²) in [6, 6.07) is 15.2. The summed E-state index contributed by atoms with van der Waals surface area (Å²) in [4.78, 5) is 17.0. The molecule has 0 bridgehead atoms. The predicted octanol–water partition coefficient (Wildman–Crippen LogP) is 2.52. The fourth-order valence-corrected chi connectivity index (χ4v) is 3.39. The van der Waals surface area contributed by atoms with Crippen LogP contribution in [0.2, 0.25) is 0 Å². The third-order valence-corrected chi connectivity index (χ3v) is 5.21. The van der Waals surface area contributed by atoms with Crippen molar-refractivity contribution in [1.82, 2.24) is 15.1 Å². The molecule has 4 heteroatoms. The first-order valence-corrected chi connectivity index (χ1v) is 9.29. The maximum atomic E-state index is 12.2. The van der Waals surface area contributed by atoms with E-state index < -0.39 is 0 Å². The van der Waals surface area contributed by atoms with E-state index in [1.807, 2.05) is 0 Å². The van der Waals surface area contributed by atoms with Gasteiger partial charge in [-0.15, -0.1) is 0 Å². The fraction of sp³-hybridized carbons (Fsp3) is 0.476. The summed E-state index contributed by atoms with van der Waals surface area (Å²) in [5.74, 6) is 0.147. The molecule has 1 amide bonds. The Morgan fingerprint density at radius 3 is 2.56 bits per heavy atom. The van der Waals surface area contributed by atoms with Crippen LogP contribution in [0.15, 0.2) is 42.5 Å². The highest BCUT2D eigenvalue weighted by Crippen LogP contribution is 2.16. The minimum Gasteiger partial charge on any atom is -0.355 e. The van der Waals surface area contributed by atoms with Gasteiger partial charge < -0.3 is 10.2 Å². The Kier molecular flexibility index (Phi) is 6.05. The van der Waals surface area contributed by atoms with Gasteiger partial charge in [0.25, 0.3) is 0 Å². The Hall–Kier alpha value is -1.91.